The van der Waals surface area contributed by atoms with Gasteiger partial charge in [-0.2, -0.15) is 4.37 Å². The predicted molar refractivity (Wildman–Crippen MR) is 86.5 cm³/mol. The van der Waals surface area contributed by atoms with Crippen LogP contribution in [0.15, 0.2) is 29.1 Å². The summed E-state index contributed by atoms with van der Waals surface area (Å²) in [6.07, 6.45) is 0.816. The third-order valence-corrected chi connectivity index (χ3v) is 4.14. The van der Waals surface area contributed by atoms with E-state index < -0.39 is 0 Å². The fraction of sp³-hybridized carbons (Fsp3) is 0.200. The molecule has 0 fully saturated rings. The summed E-state index contributed by atoms with van der Waals surface area (Å²) in [5.41, 5.74) is 2.03. The van der Waals surface area contributed by atoms with Crippen LogP contribution < -0.4 is 10.9 Å². The minimum absolute atomic E-state index is 0.199. The Balaban J connectivity index is 2.01. The summed E-state index contributed by atoms with van der Waals surface area (Å²) in [6, 6.07) is 7.62. The number of carbonyl (C=O) groups is 1. The van der Waals surface area contributed by atoms with Crippen LogP contribution in [0.5, 0.6) is 0 Å². The molecule has 0 saturated heterocycles. The molecule has 1 amide bonds. The minimum atomic E-state index is -0.327. The molecule has 0 atom stereocenters. The first kappa shape index (κ1) is 14.4. The number of H-pyrrole nitrogens is 1. The van der Waals surface area contributed by atoms with Gasteiger partial charge >= 0.3 is 0 Å². The van der Waals surface area contributed by atoms with E-state index in [1.807, 2.05) is 31.2 Å². The van der Waals surface area contributed by atoms with E-state index in [-0.39, 0.29) is 17.0 Å². The molecule has 0 radical (unpaired) electrons. The number of aryl methyl sites for hydroxylation is 2. The van der Waals surface area contributed by atoms with E-state index in [9.17, 15) is 9.59 Å². The zero-order valence-electron chi connectivity index (χ0n) is 12.1. The van der Waals surface area contributed by atoms with Crippen molar-refractivity contribution in [2.24, 2.45) is 0 Å². The number of nitrogens with one attached hydrogen (secondary N) is 2. The number of hydrogen-bond donors (Lipinski definition) is 2. The molecule has 0 aliphatic carbocycles. The molecule has 112 valence electrons. The minimum Gasteiger partial charge on any atom is -0.321 e. The van der Waals surface area contributed by atoms with Crippen LogP contribution in [-0.2, 0) is 6.42 Å². The van der Waals surface area contributed by atoms with E-state index in [1.54, 1.807) is 6.92 Å². The normalized spacial score (nSPS) is 10.8. The van der Waals surface area contributed by atoms with E-state index in [2.05, 4.69) is 19.7 Å². The summed E-state index contributed by atoms with van der Waals surface area (Å²) in [6.45, 7) is 3.70. The van der Waals surface area contributed by atoms with Gasteiger partial charge in [-0.1, -0.05) is 25.1 Å². The van der Waals surface area contributed by atoms with Gasteiger partial charge in [-0.3, -0.25) is 9.59 Å². The van der Waals surface area contributed by atoms with Crippen LogP contribution in [0.3, 0.4) is 0 Å². The molecule has 7 heteroatoms. The number of anilines is 1. The van der Waals surface area contributed by atoms with Crippen molar-refractivity contribution in [2.75, 3.05) is 5.32 Å². The summed E-state index contributed by atoms with van der Waals surface area (Å²) in [7, 11) is 0. The topological polar surface area (TPSA) is 87.7 Å². The number of hydrogen-bond acceptors (Lipinski definition) is 5. The first-order valence-electron chi connectivity index (χ1n) is 6.85. The third kappa shape index (κ3) is 2.50. The highest BCUT2D eigenvalue weighted by atomic mass is 32.1. The largest absolute Gasteiger partial charge is 0.321 e. The van der Waals surface area contributed by atoms with Crippen molar-refractivity contribution in [1.29, 1.82) is 0 Å². The maximum absolute atomic E-state index is 12.5. The Labute approximate surface area is 130 Å². The van der Waals surface area contributed by atoms with Crippen LogP contribution in [0.4, 0.5) is 5.69 Å². The molecule has 0 saturated carbocycles. The molecule has 2 heterocycles. The standard InChI is InChI=1S/C15H14N4O2S/c1-3-9-6-4-5-7-10(9)18-15(21)13-11-12(19-22-13)14(20)17-8(2)16-11/h4-7H,3H2,1-2H3,(H,18,21)(H,16,17,20). The SMILES string of the molecule is CCc1ccccc1NC(=O)c1snc2c(=O)[nH]c(C)nc12. The lowest BCUT2D eigenvalue weighted by Crippen LogP contribution is -2.14. The molecule has 0 aliphatic heterocycles. The summed E-state index contributed by atoms with van der Waals surface area (Å²) < 4.78 is 4.04. The summed E-state index contributed by atoms with van der Waals surface area (Å²) in [5.74, 6) is 0.159. The van der Waals surface area contributed by atoms with Crippen LogP contribution in [-0.4, -0.2) is 20.2 Å². The van der Waals surface area contributed by atoms with Crippen LogP contribution in [0.25, 0.3) is 11.0 Å². The molecule has 6 nitrogen and oxygen atoms in total. The van der Waals surface area contributed by atoms with E-state index >= 15 is 0 Å². The number of carbonyl (C=O) groups excluding carboxylic acids is 1. The molecular formula is C15H14N4O2S. The first-order valence-corrected chi connectivity index (χ1v) is 7.63. The second-order valence-electron chi connectivity index (χ2n) is 4.83. The average molecular weight is 314 g/mol. The Hall–Kier alpha value is -2.54. The lowest BCUT2D eigenvalue weighted by Gasteiger charge is -2.08. The maximum Gasteiger partial charge on any atom is 0.278 e. The van der Waals surface area contributed by atoms with E-state index in [4.69, 9.17) is 0 Å². The Kier molecular flexibility index (Phi) is 3.72. The van der Waals surface area contributed by atoms with Gasteiger partial charge in [-0.25, -0.2) is 4.98 Å². The number of nitrogens with zero attached hydrogens (tertiary/aromatic N) is 2. The zero-order chi connectivity index (χ0) is 15.7. The number of amides is 1. The fourth-order valence-corrected chi connectivity index (χ4v) is 2.95. The first-order chi connectivity index (χ1) is 10.6. The van der Waals surface area contributed by atoms with Gasteiger partial charge < -0.3 is 10.3 Å². The van der Waals surface area contributed by atoms with Crippen molar-refractivity contribution in [3.63, 3.8) is 0 Å². The Morgan fingerprint density at radius 3 is 2.86 bits per heavy atom. The van der Waals surface area contributed by atoms with Gasteiger partial charge in [0.15, 0.2) is 5.52 Å². The Morgan fingerprint density at radius 2 is 2.09 bits per heavy atom. The van der Waals surface area contributed by atoms with Crippen molar-refractivity contribution in [1.82, 2.24) is 14.3 Å². The fourth-order valence-electron chi connectivity index (χ4n) is 2.24. The average Bonchev–Trinajstić information content (AvgIpc) is 2.92. The Morgan fingerprint density at radius 1 is 1.32 bits per heavy atom. The highest BCUT2D eigenvalue weighted by Crippen LogP contribution is 2.21. The van der Waals surface area contributed by atoms with Crippen LogP contribution in [0.2, 0.25) is 0 Å². The number of aromatic amines is 1. The molecule has 3 aromatic rings. The van der Waals surface area contributed by atoms with Crippen LogP contribution in [0.1, 0.15) is 28.0 Å². The molecule has 0 bridgehead atoms. The number of rotatable bonds is 3. The molecule has 1 aromatic carbocycles. The zero-order valence-corrected chi connectivity index (χ0v) is 13.0. The summed E-state index contributed by atoms with van der Waals surface area (Å²) >= 11 is 0.982. The van der Waals surface area contributed by atoms with Crippen LogP contribution in [0, 0.1) is 6.92 Å². The molecule has 0 spiro atoms. The van der Waals surface area contributed by atoms with E-state index in [0.717, 1.165) is 29.2 Å². The molecule has 22 heavy (non-hydrogen) atoms. The molecule has 2 aromatic heterocycles. The summed E-state index contributed by atoms with van der Waals surface area (Å²) in [4.78, 5) is 31.5. The van der Waals surface area contributed by atoms with Crippen molar-refractivity contribution in [2.45, 2.75) is 20.3 Å². The lowest BCUT2D eigenvalue weighted by molar-refractivity contribution is 0.103. The van der Waals surface area contributed by atoms with Crippen molar-refractivity contribution >= 4 is 34.2 Å². The number of aromatic nitrogens is 3. The number of para-hydroxylation sites is 1. The van der Waals surface area contributed by atoms with E-state index in [1.165, 1.54) is 0 Å². The summed E-state index contributed by atoms with van der Waals surface area (Å²) in [5, 5.41) is 2.87. The second-order valence-corrected chi connectivity index (χ2v) is 5.60. The third-order valence-electron chi connectivity index (χ3n) is 3.31. The molecule has 2 N–H and O–H groups in total. The Bertz CT molecular complexity index is 913. The van der Waals surface area contributed by atoms with Gasteiger partial charge in [0, 0.05) is 5.69 Å². The lowest BCUT2D eigenvalue weighted by atomic mass is 10.1. The van der Waals surface area contributed by atoms with Gasteiger partial charge in [-0.15, -0.1) is 0 Å². The molecule has 0 aliphatic rings. The van der Waals surface area contributed by atoms with Crippen molar-refractivity contribution < 1.29 is 4.79 Å². The van der Waals surface area contributed by atoms with Gasteiger partial charge in [0.25, 0.3) is 11.5 Å². The smallest absolute Gasteiger partial charge is 0.278 e. The maximum atomic E-state index is 12.5. The highest BCUT2D eigenvalue weighted by molar-refractivity contribution is 7.09. The molecule has 0 unspecified atom stereocenters. The van der Waals surface area contributed by atoms with Crippen molar-refractivity contribution in [3.05, 3.63) is 50.9 Å². The van der Waals surface area contributed by atoms with Gasteiger partial charge in [0.1, 0.15) is 16.2 Å². The predicted octanol–water partition coefficient (Wildman–Crippen LogP) is 2.50. The van der Waals surface area contributed by atoms with E-state index in [0.29, 0.717) is 16.2 Å². The number of benzene rings is 1. The van der Waals surface area contributed by atoms with Crippen LogP contribution >= 0.6 is 11.5 Å². The highest BCUT2D eigenvalue weighted by Gasteiger charge is 2.18. The molecule has 3 rings (SSSR count). The number of fused-ring (bicyclic) bond motifs is 1. The quantitative estimate of drug-likeness (QED) is 0.777. The van der Waals surface area contributed by atoms with Gasteiger partial charge in [0.2, 0.25) is 0 Å². The molecular weight excluding hydrogens is 300 g/mol. The van der Waals surface area contributed by atoms with Gasteiger partial charge in [0.05, 0.1) is 0 Å². The van der Waals surface area contributed by atoms with Gasteiger partial charge in [-0.05, 0) is 36.5 Å². The second kappa shape index (κ2) is 5.69. The van der Waals surface area contributed by atoms with Crippen molar-refractivity contribution in [3.8, 4) is 0 Å². The monoisotopic (exact) mass is 314 g/mol.